The van der Waals surface area contributed by atoms with Crippen LogP contribution in [-0.2, 0) is 29.8 Å². The van der Waals surface area contributed by atoms with E-state index in [1.54, 1.807) is 11.9 Å². The Balaban J connectivity index is 1.69. The molecule has 2 heterocycles. The van der Waals surface area contributed by atoms with Gasteiger partial charge in [0.05, 0.1) is 4.90 Å². The maximum atomic E-state index is 13.0. The number of nitrogens with zero attached hydrogens (tertiary/aromatic N) is 2. The van der Waals surface area contributed by atoms with Crippen LogP contribution < -0.4 is 10.6 Å². The number of likely N-dealkylation sites (tertiary alicyclic amines) is 1. The lowest BCUT2D eigenvalue weighted by atomic mass is 9.92. The van der Waals surface area contributed by atoms with Crippen LogP contribution >= 0.6 is 0 Å². The Labute approximate surface area is 180 Å². The van der Waals surface area contributed by atoms with Crippen molar-refractivity contribution in [2.45, 2.75) is 30.2 Å². The number of urea groups is 1. The van der Waals surface area contributed by atoms with Gasteiger partial charge in [0.25, 0.3) is 5.91 Å². The molecule has 0 radical (unpaired) electrons. The number of rotatable bonds is 5. The Morgan fingerprint density at radius 3 is 2.26 bits per heavy atom. The SMILES string of the molecule is CNC(=O)C1CCN(C(=O)CN2C(=O)NC(C)(c3ccc(S(C)(=O)=O)cc3)C2=O)CC1. The summed E-state index contributed by atoms with van der Waals surface area (Å²) in [6, 6.07) is 5.01. The summed E-state index contributed by atoms with van der Waals surface area (Å²) < 4.78 is 23.3. The first-order chi connectivity index (χ1) is 14.5. The molecule has 31 heavy (non-hydrogen) atoms. The van der Waals surface area contributed by atoms with Crippen LogP contribution in [0.4, 0.5) is 4.79 Å². The molecule has 2 saturated heterocycles. The van der Waals surface area contributed by atoms with Crippen LogP contribution in [0.15, 0.2) is 29.2 Å². The van der Waals surface area contributed by atoms with Gasteiger partial charge >= 0.3 is 6.03 Å². The van der Waals surface area contributed by atoms with E-state index in [0.717, 1.165) is 11.2 Å². The smallest absolute Gasteiger partial charge is 0.325 e. The number of hydrogen-bond acceptors (Lipinski definition) is 6. The maximum Gasteiger partial charge on any atom is 0.325 e. The van der Waals surface area contributed by atoms with E-state index in [0.29, 0.717) is 31.5 Å². The highest BCUT2D eigenvalue weighted by Gasteiger charge is 2.49. The van der Waals surface area contributed by atoms with Crippen molar-refractivity contribution in [3.8, 4) is 0 Å². The summed E-state index contributed by atoms with van der Waals surface area (Å²) in [7, 11) is -1.82. The minimum absolute atomic E-state index is 0.0566. The molecule has 0 bridgehead atoms. The molecule has 0 aromatic heterocycles. The zero-order valence-electron chi connectivity index (χ0n) is 17.7. The van der Waals surface area contributed by atoms with Crippen molar-refractivity contribution in [1.82, 2.24) is 20.4 Å². The molecule has 2 aliphatic rings. The third kappa shape index (κ3) is 4.41. The fourth-order valence-electron chi connectivity index (χ4n) is 3.90. The van der Waals surface area contributed by atoms with Gasteiger partial charge in [-0.3, -0.25) is 19.3 Å². The van der Waals surface area contributed by atoms with Crippen molar-refractivity contribution in [3.63, 3.8) is 0 Å². The predicted octanol–water partition coefficient (Wildman–Crippen LogP) is -0.158. The molecule has 2 fully saturated rings. The lowest BCUT2D eigenvalue weighted by Gasteiger charge is -2.32. The van der Waals surface area contributed by atoms with E-state index in [-0.39, 0.29) is 22.6 Å². The van der Waals surface area contributed by atoms with Crippen molar-refractivity contribution in [1.29, 1.82) is 0 Å². The van der Waals surface area contributed by atoms with E-state index in [1.807, 2.05) is 0 Å². The summed E-state index contributed by atoms with van der Waals surface area (Å²) >= 11 is 0. The second-order valence-electron chi connectivity index (χ2n) is 8.01. The Hall–Kier alpha value is -2.95. The second kappa shape index (κ2) is 8.29. The van der Waals surface area contributed by atoms with Crippen molar-refractivity contribution in [2.75, 3.05) is 32.9 Å². The first-order valence-electron chi connectivity index (χ1n) is 9.91. The van der Waals surface area contributed by atoms with E-state index in [9.17, 15) is 27.6 Å². The molecule has 11 heteroatoms. The highest BCUT2D eigenvalue weighted by molar-refractivity contribution is 7.90. The van der Waals surface area contributed by atoms with Gasteiger partial charge in [-0.15, -0.1) is 0 Å². The molecule has 0 saturated carbocycles. The molecule has 0 aliphatic carbocycles. The molecule has 0 spiro atoms. The van der Waals surface area contributed by atoms with E-state index >= 15 is 0 Å². The minimum atomic E-state index is -3.40. The molecule has 1 aromatic carbocycles. The molecule has 1 atom stereocenters. The fraction of sp³-hybridized carbons (Fsp3) is 0.500. The maximum absolute atomic E-state index is 13.0. The lowest BCUT2D eigenvalue weighted by Crippen LogP contribution is -2.48. The number of amides is 5. The summed E-state index contributed by atoms with van der Waals surface area (Å²) in [5, 5.41) is 5.21. The molecule has 3 rings (SSSR count). The summed E-state index contributed by atoms with van der Waals surface area (Å²) in [5.41, 5.74) is -0.987. The Bertz CT molecular complexity index is 1010. The van der Waals surface area contributed by atoms with Gasteiger partial charge in [0, 0.05) is 32.3 Å². The highest BCUT2D eigenvalue weighted by Crippen LogP contribution is 2.30. The molecule has 2 aliphatic heterocycles. The largest absolute Gasteiger partial charge is 0.359 e. The van der Waals surface area contributed by atoms with Gasteiger partial charge in [-0.25, -0.2) is 13.2 Å². The molecular weight excluding hydrogens is 424 g/mol. The first-order valence-corrected chi connectivity index (χ1v) is 11.8. The van der Waals surface area contributed by atoms with Gasteiger partial charge in [0.2, 0.25) is 11.8 Å². The molecule has 1 unspecified atom stereocenters. The monoisotopic (exact) mass is 450 g/mol. The van der Waals surface area contributed by atoms with Crippen LogP contribution in [-0.4, -0.2) is 74.9 Å². The average Bonchev–Trinajstić information content (AvgIpc) is 2.96. The topological polar surface area (TPSA) is 133 Å². The number of carbonyl (C=O) groups is 4. The molecule has 5 amide bonds. The summed E-state index contributed by atoms with van der Waals surface area (Å²) in [5.74, 6) is -1.16. The zero-order valence-corrected chi connectivity index (χ0v) is 18.5. The summed E-state index contributed by atoms with van der Waals surface area (Å²) in [6.45, 7) is 1.88. The number of benzene rings is 1. The van der Waals surface area contributed by atoms with Gasteiger partial charge < -0.3 is 15.5 Å². The fourth-order valence-corrected chi connectivity index (χ4v) is 4.53. The number of nitrogens with one attached hydrogen (secondary N) is 2. The Morgan fingerprint density at radius 2 is 1.74 bits per heavy atom. The molecule has 2 N–H and O–H groups in total. The normalized spacial score (nSPS) is 22.4. The van der Waals surface area contributed by atoms with Crippen LogP contribution in [0.25, 0.3) is 0 Å². The van der Waals surface area contributed by atoms with Crippen LogP contribution in [0.2, 0.25) is 0 Å². The number of piperidine rings is 1. The van der Waals surface area contributed by atoms with Crippen molar-refractivity contribution in [3.05, 3.63) is 29.8 Å². The minimum Gasteiger partial charge on any atom is -0.359 e. The Kier molecular flexibility index (Phi) is 6.08. The number of imide groups is 1. The van der Waals surface area contributed by atoms with Gasteiger partial charge in [0.1, 0.15) is 12.1 Å². The Morgan fingerprint density at radius 1 is 1.16 bits per heavy atom. The number of carbonyl (C=O) groups excluding carboxylic acids is 4. The van der Waals surface area contributed by atoms with Gasteiger partial charge in [0.15, 0.2) is 9.84 Å². The first kappa shape index (κ1) is 22.7. The highest BCUT2D eigenvalue weighted by atomic mass is 32.2. The van der Waals surface area contributed by atoms with Crippen LogP contribution in [0.3, 0.4) is 0 Å². The predicted molar refractivity (Wildman–Crippen MR) is 111 cm³/mol. The number of sulfone groups is 1. The van der Waals surface area contributed by atoms with Crippen molar-refractivity contribution in [2.24, 2.45) is 5.92 Å². The van der Waals surface area contributed by atoms with E-state index in [4.69, 9.17) is 0 Å². The second-order valence-corrected chi connectivity index (χ2v) is 10.0. The van der Waals surface area contributed by atoms with Crippen LogP contribution in [0.5, 0.6) is 0 Å². The van der Waals surface area contributed by atoms with Gasteiger partial charge in [-0.1, -0.05) is 12.1 Å². The van der Waals surface area contributed by atoms with Crippen molar-refractivity contribution < 1.29 is 27.6 Å². The molecular formula is C20H26N4O6S. The van der Waals surface area contributed by atoms with Crippen LogP contribution in [0, 0.1) is 5.92 Å². The summed E-state index contributed by atoms with van der Waals surface area (Å²) in [4.78, 5) is 52.4. The van der Waals surface area contributed by atoms with Crippen LogP contribution in [0.1, 0.15) is 25.3 Å². The summed E-state index contributed by atoms with van der Waals surface area (Å²) in [6.07, 6.45) is 2.13. The quantitative estimate of drug-likeness (QED) is 0.599. The van der Waals surface area contributed by atoms with E-state index in [1.165, 1.54) is 31.2 Å². The van der Waals surface area contributed by atoms with E-state index in [2.05, 4.69) is 10.6 Å². The lowest BCUT2D eigenvalue weighted by molar-refractivity contribution is -0.140. The molecule has 168 valence electrons. The third-order valence-corrected chi connectivity index (χ3v) is 7.02. The third-order valence-electron chi connectivity index (χ3n) is 5.89. The van der Waals surface area contributed by atoms with Gasteiger partial charge in [-0.05, 0) is 37.5 Å². The zero-order chi connectivity index (χ0) is 23.0. The van der Waals surface area contributed by atoms with Crippen molar-refractivity contribution >= 4 is 33.6 Å². The molecule has 1 aromatic rings. The average molecular weight is 451 g/mol. The van der Waals surface area contributed by atoms with Gasteiger partial charge in [-0.2, -0.15) is 0 Å². The molecule has 10 nitrogen and oxygen atoms in total. The standard InChI is InChI=1S/C20H26N4O6S/c1-20(14-4-6-15(7-5-14)31(3,29)30)18(27)24(19(28)22-20)12-16(25)23-10-8-13(9-11-23)17(26)21-2/h4-7,13H,8-12H2,1-3H3,(H,21,26)(H,22,28). The van der Waals surface area contributed by atoms with E-state index < -0.39 is 33.9 Å². The number of hydrogen-bond donors (Lipinski definition) is 2.